The fourth-order valence-corrected chi connectivity index (χ4v) is 4.87. The van der Waals surface area contributed by atoms with Crippen molar-refractivity contribution < 1.29 is 19.1 Å². The number of hydrogen-bond donors (Lipinski definition) is 2. The van der Waals surface area contributed by atoms with Crippen molar-refractivity contribution in [1.29, 1.82) is 0 Å². The zero-order valence-electron chi connectivity index (χ0n) is 22.4. The first kappa shape index (κ1) is 28.5. The van der Waals surface area contributed by atoms with Gasteiger partial charge in [-0.15, -0.1) is 0 Å². The number of rotatable bonds is 2. The topological polar surface area (TPSA) is 81.0 Å². The lowest BCUT2D eigenvalue weighted by atomic mass is 10.1. The van der Waals surface area contributed by atoms with Gasteiger partial charge >= 0.3 is 12.2 Å². The number of alkyl carbamates (subject to hydrolysis) is 2. The van der Waals surface area contributed by atoms with Crippen LogP contribution in [0.5, 0.6) is 0 Å². The number of hydrogen-bond acceptors (Lipinski definition) is 4. The minimum atomic E-state index is -0.487. The summed E-state index contributed by atoms with van der Waals surface area (Å²) in [6.07, 6.45) is 2.94. The van der Waals surface area contributed by atoms with Crippen LogP contribution in [0.3, 0.4) is 0 Å². The number of nitrogens with one attached hydrogen (secondary N) is 2. The Morgan fingerprint density at radius 3 is 1.76 bits per heavy atom. The van der Waals surface area contributed by atoms with E-state index in [4.69, 9.17) is 16.0 Å². The Kier molecular flexibility index (Phi) is 8.91. The van der Waals surface area contributed by atoms with Crippen LogP contribution in [0.4, 0.5) is 15.3 Å². The fraction of sp³-hybridized carbons (Fsp3) is 0.483. The Bertz CT molecular complexity index is 1190. The van der Waals surface area contributed by atoms with Gasteiger partial charge in [-0.3, -0.25) is 0 Å². The summed E-state index contributed by atoms with van der Waals surface area (Å²) in [4.78, 5) is 26.9. The second kappa shape index (κ2) is 11.6. The van der Waals surface area contributed by atoms with E-state index in [9.17, 15) is 9.59 Å². The number of nitrogens with zero attached hydrogens (tertiary/aromatic N) is 1. The van der Waals surface area contributed by atoms with Gasteiger partial charge in [-0.05, 0) is 96.0 Å². The molecule has 0 aromatic heterocycles. The summed E-state index contributed by atoms with van der Waals surface area (Å²) in [6.45, 7) is 18.1. The van der Waals surface area contributed by atoms with Crippen LogP contribution >= 0.6 is 15.9 Å². The minimum Gasteiger partial charge on any atom is -0.444 e. The predicted octanol–water partition coefficient (Wildman–Crippen LogP) is 7.71. The average molecular weight is 571 g/mol. The molecule has 8 heteroatoms. The second-order valence-electron chi connectivity index (χ2n) is 11.3. The number of fused-ring (bicyclic) bond motifs is 2. The van der Waals surface area contributed by atoms with Crippen molar-refractivity contribution in [2.24, 2.45) is 0 Å². The maximum Gasteiger partial charge on any atom is 0.408 e. The molecule has 7 nitrogen and oxygen atoms in total. The first-order valence-corrected chi connectivity index (χ1v) is 13.3. The van der Waals surface area contributed by atoms with Crippen LogP contribution in [0.25, 0.3) is 4.85 Å². The predicted molar refractivity (Wildman–Crippen MR) is 148 cm³/mol. The van der Waals surface area contributed by atoms with E-state index in [0.717, 1.165) is 41.3 Å². The molecule has 2 aromatic carbocycles. The van der Waals surface area contributed by atoms with Gasteiger partial charge in [0.1, 0.15) is 11.2 Å². The third-order valence-corrected chi connectivity index (χ3v) is 6.39. The Morgan fingerprint density at radius 1 is 0.838 bits per heavy atom. The van der Waals surface area contributed by atoms with Crippen molar-refractivity contribution in [3.63, 3.8) is 0 Å². The molecule has 0 aliphatic heterocycles. The highest BCUT2D eigenvalue weighted by Crippen LogP contribution is 2.34. The molecule has 0 saturated carbocycles. The van der Waals surface area contributed by atoms with Gasteiger partial charge in [0.05, 0.1) is 18.7 Å². The molecular weight excluding hydrogens is 534 g/mol. The smallest absolute Gasteiger partial charge is 0.408 e. The molecule has 0 radical (unpaired) electrons. The van der Waals surface area contributed by atoms with Crippen LogP contribution in [0.1, 0.15) is 88.7 Å². The summed E-state index contributed by atoms with van der Waals surface area (Å²) in [5.41, 5.74) is 4.45. The van der Waals surface area contributed by atoms with E-state index in [1.165, 1.54) is 11.1 Å². The summed E-state index contributed by atoms with van der Waals surface area (Å²) in [5, 5.41) is 5.83. The highest BCUT2D eigenvalue weighted by molar-refractivity contribution is 9.10. The van der Waals surface area contributed by atoms with Gasteiger partial charge in [-0.2, -0.15) is 0 Å². The quantitative estimate of drug-likeness (QED) is 0.363. The van der Waals surface area contributed by atoms with Crippen molar-refractivity contribution in [2.45, 2.75) is 90.5 Å². The Morgan fingerprint density at radius 2 is 1.30 bits per heavy atom. The van der Waals surface area contributed by atoms with E-state index in [-0.39, 0.29) is 24.3 Å². The summed E-state index contributed by atoms with van der Waals surface area (Å²) in [7, 11) is 0. The molecule has 0 unspecified atom stereocenters. The third-order valence-electron chi connectivity index (χ3n) is 5.90. The Labute approximate surface area is 228 Å². The molecule has 0 saturated heterocycles. The van der Waals surface area contributed by atoms with Crippen LogP contribution in [-0.4, -0.2) is 23.4 Å². The van der Waals surface area contributed by atoms with Crippen molar-refractivity contribution in [2.75, 3.05) is 0 Å². The van der Waals surface area contributed by atoms with Gasteiger partial charge < -0.3 is 20.1 Å². The van der Waals surface area contributed by atoms with E-state index in [1.807, 2.05) is 59.7 Å². The molecule has 37 heavy (non-hydrogen) atoms. The molecule has 2 amide bonds. The average Bonchev–Trinajstić information content (AvgIpc) is 3.34. The monoisotopic (exact) mass is 569 g/mol. The van der Waals surface area contributed by atoms with Gasteiger partial charge in [0.15, 0.2) is 5.69 Å². The number of amides is 2. The molecule has 198 valence electrons. The van der Waals surface area contributed by atoms with Crippen molar-refractivity contribution >= 4 is 33.8 Å². The lowest BCUT2D eigenvalue weighted by Gasteiger charge is -2.22. The first-order chi connectivity index (χ1) is 17.2. The van der Waals surface area contributed by atoms with Crippen molar-refractivity contribution in [1.82, 2.24) is 10.6 Å². The normalized spacial score (nSPS) is 17.9. The van der Waals surface area contributed by atoms with Crippen LogP contribution in [0.15, 0.2) is 40.9 Å². The van der Waals surface area contributed by atoms with Crippen molar-refractivity contribution in [3.8, 4) is 0 Å². The fourth-order valence-electron chi connectivity index (χ4n) is 4.46. The van der Waals surface area contributed by atoms with Gasteiger partial charge in [0, 0.05) is 4.47 Å². The Balaban J connectivity index is 0.000000206. The summed E-state index contributed by atoms with van der Waals surface area (Å²) in [6, 6.07) is 11.9. The molecule has 2 aromatic rings. The lowest BCUT2D eigenvalue weighted by molar-refractivity contribution is 0.0492. The number of carbonyl (C=O) groups excluding carboxylic acids is 2. The van der Waals surface area contributed by atoms with Crippen molar-refractivity contribution in [3.05, 3.63) is 74.5 Å². The maximum atomic E-state index is 11.8. The van der Waals surface area contributed by atoms with Gasteiger partial charge in [0.2, 0.25) is 0 Å². The maximum absolute atomic E-state index is 11.8. The highest BCUT2D eigenvalue weighted by Gasteiger charge is 2.27. The molecule has 2 aliphatic carbocycles. The molecule has 2 aliphatic rings. The van der Waals surface area contributed by atoms with Crippen LogP contribution in [0.2, 0.25) is 0 Å². The lowest BCUT2D eigenvalue weighted by Crippen LogP contribution is -2.34. The van der Waals surface area contributed by atoms with E-state index < -0.39 is 11.2 Å². The van der Waals surface area contributed by atoms with Crippen LogP contribution in [0, 0.1) is 6.57 Å². The largest absolute Gasteiger partial charge is 0.444 e. The van der Waals surface area contributed by atoms with Crippen LogP contribution < -0.4 is 10.6 Å². The zero-order chi connectivity index (χ0) is 27.4. The molecule has 0 bridgehead atoms. The molecule has 0 spiro atoms. The number of carbonyl (C=O) groups is 2. The van der Waals surface area contributed by atoms with Gasteiger partial charge in [-0.1, -0.05) is 45.8 Å². The van der Waals surface area contributed by atoms with Gasteiger partial charge in [0.25, 0.3) is 0 Å². The summed E-state index contributed by atoms with van der Waals surface area (Å²) >= 11 is 3.46. The molecule has 2 atom stereocenters. The Hall–Kier alpha value is -3.05. The molecular formula is C29H36BrN3O4. The standard InChI is InChI=1S/C15H18N2O2.C14H18BrNO2/c1-15(2,3)19-14(18)17-13-8-5-10-9-11(16-4)6-7-12(10)13;1-14(2,3)18-13(17)16-12-7-4-9-8-10(15)5-6-11(9)12/h6-7,9,13H,5,8H2,1-3H3,(H,17,18);5-6,8,12H,4,7H2,1-3H3,(H,16,17)/t13-;12-/m11/s1. The van der Waals surface area contributed by atoms with E-state index in [2.05, 4.69) is 43.5 Å². The second-order valence-corrected chi connectivity index (χ2v) is 12.2. The highest BCUT2D eigenvalue weighted by atomic mass is 79.9. The number of halogens is 1. The summed E-state index contributed by atoms with van der Waals surface area (Å²) < 4.78 is 11.6. The van der Waals surface area contributed by atoms with E-state index in [0.29, 0.717) is 5.69 Å². The van der Waals surface area contributed by atoms with Gasteiger partial charge in [-0.25, -0.2) is 14.4 Å². The molecule has 0 heterocycles. The summed E-state index contributed by atoms with van der Waals surface area (Å²) in [5.74, 6) is 0. The van der Waals surface area contributed by atoms with E-state index in [1.54, 1.807) is 6.07 Å². The van der Waals surface area contributed by atoms with E-state index >= 15 is 0 Å². The first-order valence-electron chi connectivity index (χ1n) is 12.5. The zero-order valence-corrected chi connectivity index (χ0v) is 24.0. The SMILES string of the molecule is CC(C)(C)OC(=O)N[C@@H]1CCc2cc(Br)ccc21.[C-]#[N+]c1ccc2c(c1)CC[C@H]2NC(=O)OC(C)(C)C. The number of aryl methyl sites for hydroxylation is 2. The minimum absolute atomic E-state index is 0.00960. The third kappa shape index (κ3) is 8.50. The molecule has 4 rings (SSSR count). The number of benzene rings is 2. The molecule has 0 fully saturated rings. The molecule has 2 N–H and O–H groups in total. The number of ether oxygens (including phenoxy) is 2. The van der Waals surface area contributed by atoms with Crippen LogP contribution in [-0.2, 0) is 22.3 Å².